The smallest absolute Gasteiger partial charge is 0.236 e. The summed E-state index contributed by atoms with van der Waals surface area (Å²) in [6, 6.07) is 0. The Hall–Kier alpha value is -1.14. The number of carbonyl (C=O) groups is 2. The normalized spacial score (nSPS) is 10.4. The minimum atomic E-state index is -0.0739. The molecule has 0 bridgehead atoms. The molecule has 100 valence electrons. The minimum Gasteiger partial charge on any atom is -0.385 e. The van der Waals surface area contributed by atoms with Crippen LogP contribution in [0.2, 0.25) is 0 Å². The van der Waals surface area contributed by atoms with Crippen LogP contribution in [0.3, 0.4) is 0 Å². The number of carbonyl (C=O) groups excluding carboxylic acids is 2. The highest BCUT2D eigenvalue weighted by Gasteiger charge is 2.11. The van der Waals surface area contributed by atoms with Gasteiger partial charge >= 0.3 is 0 Å². The molecule has 0 aromatic carbocycles. The van der Waals surface area contributed by atoms with Crippen molar-refractivity contribution in [1.82, 2.24) is 15.1 Å². The molecule has 0 rings (SSSR count). The van der Waals surface area contributed by atoms with Crippen molar-refractivity contribution in [3.63, 3.8) is 0 Å². The fraction of sp³-hybridized carbons (Fsp3) is 0.818. The number of hydrogen-bond acceptors (Lipinski definition) is 4. The van der Waals surface area contributed by atoms with Crippen LogP contribution in [0.15, 0.2) is 0 Å². The highest BCUT2D eigenvalue weighted by molar-refractivity contribution is 5.80. The van der Waals surface area contributed by atoms with Gasteiger partial charge in [-0.05, 0) is 13.5 Å². The largest absolute Gasteiger partial charge is 0.385 e. The Morgan fingerprint density at radius 2 is 1.82 bits per heavy atom. The molecule has 0 aliphatic carbocycles. The van der Waals surface area contributed by atoms with Crippen LogP contribution >= 0.6 is 0 Å². The van der Waals surface area contributed by atoms with Gasteiger partial charge in [-0.15, -0.1) is 0 Å². The number of rotatable bonds is 8. The summed E-state index contributed by atoms with van der Waals surface area (Å²) in [5.41, 5.74) is 0. The van der Waals surface area contributed by atoms with Crippen LogP contribution in [0.5, 0.6) is 0 Å². The minimum absolute atomic E-state index is 0.0142. The molecule has 0 saturated heterocycles. The Morgan fingerprint density at radius 1 is 1.18 bits per heavy atom. The number of nitrogens with zero attached hydrogens (tertiary/aromatic N) is 2. The van der Waals surface area contributed by atoms with E-state index in [1.54, 1.807) is 33.2 Å². The average molecular weight is 245 g/mol. The third-order valence-corrected chi connectivity index (χ3v) is 2.16. The number of likely N-dealkylation sites (N-methyl/N-ethyl adjacent to an activating group) is 2. The average Bonchev–Trinajstić information content (AvgIpc) is 2.24. The zero-order chi connectivity index (χ0) is 13.3. The zero-order valence-electron chi connectivity index (χ0n) is 11.2. The Kier molecular flexibility index (Phi) is 8.35. The summed E-state index contributed by atoms with van der Waals surface area (Å²) in [6.07, 6.45) is 0.794. The van der Waals surface area contributed by atoms with Crippen molar-refractivity contribution in [1.29, 1.82) is 0 Å². The molecule has 17 heavy (non-hydrogen) atoms. The quantitative estimate of drug-likeness (QED) is 0.566. The van der Waals surface area contributed by atoms with E-state index in [0.29, 0.717) is 13.2 Å². The van der Waals surface area contributed by atoms with Crippen molar-refractivity contribution in [3.8, 4) is 0 Å². The first-order valence-corrected chi connectivity index (χ1v) is 5.61. The molecular weight excluding hydrogens is 222 g/mol. The van der Waals surface area contributed by atoms with E-state index in [2.05, 4.69) is 5.32 Å². The molecule has 0 aliphatic rings. The molecule has 1 N–H and O–H groups in total. The molecule has 0 unspecified atom stereocenters. The molecule has 0 spiro atoms. The lowest BCUT2D eigenvalue weighted by Crippen LogP contribution is -2.40. The second-order valence-corrected chi connectivity index (χ2v) is 4.16. The SMILES string of the molecule is COCCCNC(=O)CN(C)CC(=O)N(C)C. The van der Waals surface area contributed by atoms with Gasteiger partial charge in [0.2, 0.25) is 11.8 Å². The lowest BCUT2D eigenvalue weighted by Gasteiger charge is -2.18. The van der Waals surface area contributed by atoms with E-state index in [-0.39, 0.29) is 24.9 Å². The van der Waals surface area contributed by atoms with Gasteiger partial charge in [-0.25, -0.2) is 0 Å². The van der Waals surface area contributed by atoms with Gasteiger partial charge in [-0.2, -0.15) is 0 Å². The van der Waals surface area contributed by atoms with E-state index in [1.165, 1.54) is 4.90 Å². The van der Waals surface area contributed by atoms with E-state index < -0.39 is 0 Å². The number of amides is 2. The van der Waals surface area contributed by atoms with Gasteiger partial charge in [0.25, 0.3) is 0 Å². The van der Waals surface area contributed by atoms with Crippen LogP contribution in [0.1, 0.15) is 6.42 Å². The molecule has 6 heteroatoms. The third kappa shape index (κ3) is 8.65. The summed E-state index contributed by atoms with van der Waals surface area (Å²) >= 11 is 0. The molecule has 0 heterocycles. The van der Waals surface area contributed by atoms with Gasteiger partial charge in [0.05, 0.1) is 13.1 Å². The van der Waals surface area contributed by atoms with Gasteiger partial charge in [0.15, 0.2) is 0 Å². The van der Waals surface area contributed by atoms with E-state index >= 15 is 0 Å². The molecule has 6 nitrogen and oxygen atoms in total. The first-order valence-electron chi connectivity index (χ1n) is 5.61. The summed E-state index contributed by atoms with van der Waals surface area (Å²) in [5, 5.41) is 2.77. The van der Waals surface area contributed by atoms with Gasteiger partial charge < -0.3 is 15.0 Å². The second-order valence-electron chi connectivity index (χ2n) is 4.16. The van der Waals surface area contributed by atoms with Crippen LogP contribution in [-0.4, -0.2) is 76.1 Å². The second kappa shape index (κ2) is 8.95. The summed E-state index contributed by atoms with van der Waals surface area (Å²) in [6.45, 7) is 1.71. The molecule has 0 aliphatic heterocycles. The van der Waals surface area contributed by atoms with Crippen molar-refractivity contribution in [3.05, 3.63) is 0 Å². The van der Waals surface area contributed by atoms with Crippen LogP contribution in [-0.2, 0) is 14.3 Å². The molecule has 0 radical (unpaired) electrons. The monoisotopic (exact) mass is 245 g/mol. The first-order chi connectivity index (χ1) is 7.97. The molecule has 0 fully saturated rings. The number of nitrogens with one attached hydrogen (secondary N) is 1. The standard InChI is InChI=1S/C11H23N3O3/c1-13(2)11(16)9-14(3)8-10(15)12-6-5-7-17-4/h5-9H2,1-4H3,(H,12,15). The Bertz CT molecular complexity index is 244. The predicted octanol–water partition coefficient (Wildman–Crippen LogP) is -0.841. The molecular formula is C11H23N3O3. The Balaban J connectivity index is 3.69. The topological polar surface area (TPSA) is 61.9 Å². The van der Waals surface area contributed by atoms with E-state index in [4.69, 9.17) is 4.74 Å². The van der Waals surface area contributed by atoms with Crippen molar-refractivity contribution < 1.29 is 14.3 Å². The lowest BCUT2D eigenvalue weighted by atomic mass is 10.4. The zero-order valence-corrected chi connectivity index (χ0v) is 11.2. The fourth-order valence-corrected chi connectivity index (χ4v) is 1.17. The van der Waals surface area contributed by atoms with Crippen molar-refractivity contribution >= 4 is 11.8 Å². The summed E-state index contributed by atoms with van der Waals surface area (Å²) in [7, 11) is 6.76. The molecule has 0 saturated carbocycles. The van der Waals surface area contributed by atoms with Gasteiger partial charge in [-0.3, -0.25) is 14.5 Å². The van der Waals surface area contributed by atoms with Gasteiger partial charge in [0, 0.05) is 34.4 Å². The fourth-order valence-electron chi connectivity index (χ4n) is 1.17. The maximum absolute atomic E-state index is 11.4. The maximum atomic E-state index is 11.4. The van der Waals surface area contributed by atoms with Crippen molar-refractivity contribution in [2.45, 2.75) is 6.42 Å². The summed E-state index contributed by atoms with van der Waals surface area (Å²) < 4.78 is 4.87. The van der Waals surface area contributed by atoms with E-state index in [0.717, 1.165) is 6.42 Å². The van der Waals surface area contributed by atoms with Crippen LogP contribution in [0.4, 0.5) is 0 Å². The lowest BCUT2D eigenvalue weighted by molar-refractivity contribution is -0.130. The predicted molar refractivity (Wildman–Crippen MR) is 65.7 cm³/mol. The van der Waals surface area contributed by atoms with Crippen LogP contribution in [0.25, 0.3) is 0 Å². The highest BCUT2D eigenvalue weighted by atomic mass is 16.5. The van der Waals surface area contributed by atoms with Crippen molar-refractivity contribution in [2.24, 2.45) is 0 Å². The third-order valence-electron chi connectivity index (χ3n) is 2.16. The van der Waals surface area contributed by atoms with Crippen LogP contribution in [0, 0.1) is 0 Å². The van der Waals surface area contributed by atoms with E-state index in [9.17, 15) is 9.59 Å². The number of methoxy groups -OCH3 is 1. The Labute approximate surface area is 103 Å². The number of ether oxygens (including phenoxy) is 1. The number of hydrogen-bond donors (Lipinski definition) is 1. The summed E-state index contributed by atoms with van der Waals surface area (Å²) in [5.74, 6) is -0.0881. The molecule has 2 amide bonds. The molecule has 0 aromatic rings. The van der Waals surface area contributed by atoms with Crippen molar-refractivity contribution in [2.75, 3.05) is 54.5 Å². The Morgan fingerprint density at radius 3 is 2.35 bits per heavy atom. The first kappa shape index (κ1) is 15.9. The molecule has 0 atom stereocenters. The van der Waals surface area contributed by atoms with Gasteiger partial charge in [-0.1, -0.05) is 0 Å². The summed E-state index contributed by atoms with van der Waals surface area (Å²) in [4.78, 5) is 26.0. The van der Waals surface area contributed by atoms with E-state index in [1.807, 2.05) is 0 Å². The van der Waals surface area contributed by atoms with Crippen LogP contribution < -0.4 is 5.32 Å². The molecule has 0 aromatic heterocycles. The maximum Gasteiger partial charge on any atom is 0.236 e. The highest BCUT2D eigenvalue weighted by Crippen LogP contribution is 1.87. The van der Waals surface area contributed by atoms with Gasteiger partial charge in [0.1, 0.15) is 0 Å².